The zero-order valence-electron chi connectivity index (χ0n) is 14.7. The van der Waals surface area contributed by atoms with Crippen LogP contribution in [0, 0.1) is 0 Å². The highest BCUT2D eigenvalue weighted by Gasteiger charge is 2.36. The molecule has 5 N–H and O–H groups in total. The third-order valence-corrected chi connectivity index (χ3v) is 3.93. The van der Waals surface area contributed by atoms with Crippen LogP contribution < -0.4 is 0 Å². The Morgan fingerprint density at radius 2 is 1.56 bits per heavy atom. The number of unbranched alkanes of at least 4 members (excludes halogenated alkanes) is 6. The van der Waals surface area contributed by atoms with Gasteiger partial charge in [0.05, 0.1) is 6.61 Å². The molecule has 0 saturated heterocycles. The highest BCUT2D eigenvalue weighted by Crippen LogP contribution is 2.13. The van der Waals surface area contributed by atoms with Crippen molar-refractivity contribution in [3.05, 3.63) is 0 Å². The van der Waals surface area contributed by atoms with Crippen molar-refractivity contribution in [1.82, 2.24) is 0 Å². The third-order valence-electron chi connectivity index (χ3n) is 3.93. The van der Waals surface area contributed by atoms with Crippen LogP contribution in [-0.4, -0.2) is 69.4 Å². The number of carbonyl (C=O) groups is 1. The maximum Gasteiger partial charge on any atom is 0.305 e. The SMILES string of the molecule is CCCCCCCCCC(=O)OC[C@@H](OO)[C@@H](O)[C@H](OO)[C@H](O)CO. The Morgan fingerprint density at radius 3 is 2.08 bits per heavy atom. The van der Waals surface area contributed by atoms with E-state index < -0.39 is 43.6 Å². The van der Waals surface area contributed by atoms with Crippen molar-refractivity contribution >= 4 is 5.97 Å². The fraction of sp³-hybridized carbons (Fsp3) is 0.938. The molecule has 0 aromatic heterocycles. The van der Waals surface area contributed by atoms with E-state index in [0.717, 1.165) is 19.3 Å². The van der Waals surface area contributed by atoms with Crippen molar-refractivity contribution < 1.29 is 45.1 Å². The zero-order chi connectivity index (χ0) is 19.1. The molecule has 0 bridgehead atoms. The Kier molecular flexibility index (Phi) is 14.9. The van der Waals surface area contributed by atoms with Crippen LogP contribution in [0.2, 0.25) is 0 Å². The van der Waals surface area contributed by atoms with Gasteiger partial charge in [-0.3, -0.25) is 15.3 Å². The number of hydrogen-bond donors (Lipinski definition) is 5. The molecule has 0 unspecified atom stereocenters. The van der Waals surface area contributed by atoms with Gasteiger partial charge < -0.3 is 20.1 Å². The molecule has 0 aliphatic rings. The largest absolute Gasteiger partial charge is 0.463 e. The molecule has 9 heteroatoms. The van der Waals surface area contributed by atoms with Gasteiger partial charge >= 0.3 is 5.97 Å². The Labute approximate surface area is 148 Å². The van der Waals surface area contributed by atoms with E-state index in [-0.39, 0.29) is 6.42 Å². The van der Waals surface area contributed by atoms with Gasteiger partial charge in [0.2, 0.25) is 0 Å². The minimum atomic E-state index is -1.73. The number of rotatable bonds is 16. The average Bonchev–Trinajstić information content (AvgIpc) is 2.61. The Morgan fingerprint density at radius 1 is 0.960 bits per heavy atom. The molecule has 0 radical (unpaired) electrons. The maximum absolute atomic E-state index is 11.6. The summed E-state index contributed by atoms with van der Waals surface area (Å²) < 4.78 is 4.90. The van der Waals surface area contributed by atoms with E-state index in [1.165, 1.54) is 19.3 Å². The summed E-state index contributed by atoms with van der Waals surface area (Å²) in [4.78, 5) is 19.5. The minimum Gasteiger partial charge on any atom is -0.463 e. The van der Waals surface area contributed by atoms with Gasteiger partial charge in [-0.05, 0) is 6.42 Å². The van der Waals surface area contributed by atoms with Crippen molar-refractivity contribution in [2.24, 2.45) is 0 Å². The first-order chi connectivity index (χ1) is 12.0. The van der Waals surface area contributed by atoms with Crippen LogP contribution in [0.5, 0.6) is 0 Å². The smallest absolute Gasteiger partial charge is 0.305 e. The number of carbonyl (C=O) groups excluding carboxylic acids is 1. The summed E-state index contributed by atoms with van der Waals surface area (Å²) in [7, 11) is 0. The van der Waals surface area contributed by atoms with Gasteiger partial charge in [0.15, 0.2) is 6.10 Å². The second-order valence-electron chi connectivity index (χ2n) is 6.01. The molecular weight excluding hydrogens is 336 g/mol. The molecule has 0 spiro atoms. The normalized spacial score (nSPS) is 16.2. The summed E-state index contributed by atoms with van der Waals surface area (Å²) in [5.41, 5.74) is 0. The van der Waals surface area contributed by atoms with Gasteiger partial charge in [0, 0.05) is 6.42 Å². The molecule has 0 aromatic rings. The number of aliphatic hydroxyl groups is 3. The van der Waals surface area contributed by atoms with Gasteiger partial charge in [-0.1, -0.05) is 45.4 Å². The summed E-state index contributed by atoms with van der Waals surface area (Å²) in [6, 6.07) is 0. The summed E-state index contributed by atoms with van der Waals surface area (Å²) in [6.45, 7) is 0.860. The van der Waals surface area contributed by atoms with Crippen molar-refractivity contribution in [3.63, 3.8) is 0 Å². The third kappa shape index (κ3) is 10.7. The fourth-order valence-electron chi connectivity index (χ4n) is 2.34. The first kappa shape index (κ1) is 24.2. The molecule has 0 aromatic carbocycles. The average molecular weight is 368 g/mol. The quantitative estimate of drug-likeness (QED) is 0.117. The Hall–Kier alpha value is -0.810. The van der Waals surface area contributed by atoms with Crippen LogP contribution in [0.4, 0.5) is 0 Å². The van der Waals surface area contributed by atoms with E-state index in [1.54, 1.807) is 0 Å². The molecule has 0 rings (SSSR count). The van der Waals surface area contributed by atoms with Crippen LogP contribution in [0.3, 0.4) is 0 Å². The van der Waals surface area contributed by atoms with E-state index in [1.807, 2.05) is 0 Å². The van der Waals surface area contributed by atoms with Crippen molar-refractivity contribution in [3.8, 4) is 0 Å². The predicted octanol–water partition coefficient (Wildman–Crippen LogP) is 1.10. The van der Waals surface area contributed by atoms with Gasteiger partial charge in [0.25, 0.3) is 0 Å². The van der Waals surface area contributed by atoms with Crippen molar-refractivity contribution in [2.45, 2.75) is 82.7 Å². The van der Waals surface area contributed by atoms with E-state index in [2.05, 4.69) is 16.7 Å². The lowest BCUT2D eigenvalue weighted by molar-refractivity contribution is -0.355. The van der Waals surface area contributed by atoms with E-state index in [9.17, 15) is 15.0 Å². The maximum atomic E-state index is 11.6. The van der Waals surface area contributed by atoms with Gasteiger partial charge in [-0.25, -0.2) is 9.78 Å². The molecule has 0 heterocycles. The van der Waals surface area contributed by atoms with Gasteiger partial charge in [0.1, 0.15) is 24.9 Å². The molecule has 4 atom stereocenters. The molecular formula is C16H32O9. The van der Waals surface area contributed by atoms with Gasteiger partial charge in [-0.15, -0.1) is 0 Å². The highest BCUT2D eigenvalue weighted by atomic mass is 17.1. The second-order valence-corrected chi connectivity index (χ2v) is 6.01. The summed E-state index contributed by atoms with van der Waals surface area (Å²) in [5, 5.41) is 45.5. The van der Waals surface area contributed by atoms with Crippen LogP contribution in [0.15, 0.2) is 0 Å². The molecule has 9 nitrogen and oxygen atoms in total. The molecule has 0 aliphatic heterocycles. The number of esters is 1. The molecule has 0 aliphatic carbocycles. The van der Waals surface area contributed by atoms with E-state index in [0.29, 0.717) is 6.42 Å². The van der Waals surface area contributed by atoms with Crippen LogP contribution in [0.25, 0.3) is 0 Å². The number of ether oxygens (including phenoxy) is 1. The first-order valence-electron chi connectivity index (χ1n) is 8.74. The number of aliphatic hydroxyl groups excluding tert-OH is 3. The summed E-state index contributed by atoms with van der Waals surface area (Å²) in [5.74, 6) is -0.507. The van der Waals surface area contributed by atoms with Crippen molar-refractivity contribution in [2.75, 3.05) is 13.2 Å². The molecule has 0 saturated carbocycles. The summed E-state index contributed by atoms with van der Waals surface area (Å²) >= 11 is 0. The highest BCUT2D eigenvalue weighted by molar-refractivity contribution is 5.69. The van der Waals surface area contributed by atoms with Crippen molar-refractivity contribution in [1.29, 1.82) is 0 Å². The Bertz CT molecular complexity index is 327. The standard InChI is InChI=1S/C16H32O9/c1-2-3-4-5-6-7-8-9-14(19)23-11-13(24-21)15(20)16(25-22)12(18)10-17/h12-13,15-18,20-22H,2-11H2,1H3/t12-,13-,15-,16-/m1/s1. The van der Waals surface area contributed by atoms with E-state index in [4.69, 9.17) is 20.4 Å². The van der Waals surface area contributed by atoms with Crippen LogP contribution in [-0.2, 0) is 19.3 Å². The zero-order valence-corrected chi connectivity index (χ0v) is 14.7. The molecule has 0 amide bonds. The lowest BCUT2D eigenvalue weighted by atomic mass is 10.0. The second kappa shape index (κ2) is 15.4. The fourth-order valence-corrected chi connectivity index (χ4v) is 2.34. The minimum absolute atomic E-state index is 0.210. The van der Waals surface area contributed by atoms with E-state index >= 15 is 0 Å². The lowest BCUT2D eigenvalue weighted by Crippen LogP contribution is -2.49. The Balaban J connectivity index is 4.05. The molecule has 150 valence electrons. The molecule has 25 heavy (non-hydrogen) atoms. The number of hydrogen-bond acceptors (Lipinski definition) is 9. The first-order valence-corrected chi connectivity index (χ1v) is 8.74. The monoisotopic (exact) mass is 368 g/mol. The predicted molar refractivity (Wildman–Crippen MR) is 87.7 cm³/mol. The van der Waals surface area contributed by atoms with Crippen LogP contribution in [0.1, 0.15) is 58.3 Å². The lowest BCUT2D eigenvalue weighted by Gasteiger charge is -2.27. The van der Waals surface area contributed by atoms with Gasteiger partial charge in [-0.2, -0.15) is 0 Å². The summed E-state index contributed by atoms with van der Waals surface area (Å²) in [6.07, 6.45) is 1.19. The topological polar surface area (TPSA) is 146 Å². The van der Waals surface area contributed by atoms with Crippen LogP contribution >= 0.6 is 0 Å². The molecule has 0 fully saturated rings.